The Morgan fingerprint density at radius 1 is 1.29 bits per heavy atom. The number of halogens is 2. The van der Waals surface area contributed by atoms with E-state index in [1.54, 1.807) is 30.0 Å². The number of anilines is 2. The van der Waals surface area contributed by atoms with Crippen LogP contribution in [0.15, 0.2) is 51.8 Å². The van der Waals surface area contributed by atoms with E-state index < -0.39 is 0 Å². The normalized spacial score (nSPS) is 10.4. The molecule has 0 fully saturated rings. The maximum Gasteiger partial charge on any atom is 0.225 e. The van der Waals surface area contributed by atoms with E-state index in [1.807, 2.05) is 24.3 Å². The van der Waals surface area contributed by atoms with E-state index in [4.69, 9.17) is 17.3 Å². The molecule has 0 heterocycles. The highest BCUT2D eigenvalue weighted by Gasteiger charge is 2.07. The van der Waals surface area contributed by atoms with Crippen molar-refractivity contribution >= 4 is 56.6 Å². The fourth-order valence-corrected chi connectivity index (χ4v) is 3.37. The molecule has 2 aromatic carbocycles. The van der Waals surface area contributed by atoms with Crippen LogP contribution in [0.4, 0.5) is 11.4 Å². The zero-order chi connectivity index (χ0) is 15.2. The molecule has 0 aliphatic heterocycles. The van der Waals surface area contributed by atoms with Crippen LogP contribution >= 0.6 is 39.3 Å². The first kappa shape index (κ1) is 16.2. The Bertz CT molecular complexity index is 651. The highest BCUT2D eigenvalue weighted by Crippen LogP contribution is 2.28. The van der Waals surface area contributed by atoms with Gasteiger partial charge in [0.05, 0.1) is 11.4 Å². The minimum absolute atomic E-state index is 0.0661. The largest absolute Gasteiger partial charge is 0.397 e. The summed E-state index contributed by atoms with van der Waals surface area (Å²) in [5, 5.41) is 3.34. The van der Waals surface area contributed by atoms with Crippen molar-refractivity contribution in [3.05, 3.63) is 52.0 Å². The Morgan fingerprint density at radius 3 is 2.76 bits per heavy atom. The van der Waals surface area contributed by atoms with Crippen LogP contribution in [0.1, 0.15) is 6.42 Å². The number of rotatable bonds is 5. The molecule has 0 atom stereocenters. The summed E-state index contributed by atoms with van der Waals surface area (Å²) in [7, 11) is 0. The lowest BCUT2D eigenvalue weighted by Gasteiger charge is -2.08. The number of carbonyl (C=O) groups excluding carboxylic acids is 1. The van der Waals surface area contributed by atoms with Crippen LogP contribution < -0.4 is 11.1 Å². The van der Waals surface area contributed by atoms with Gasteiger partial charge in [-0.2, -0.15) is 0 Å². The molecule has 2 aromatic rings. The molecule has 0 bridgehead atoms. The zero-order valence-electron chi connectivity index (χ0n) is 11.1. The molecule has 6 heteroatoms. The first-order valence-electron chi connectivity index (χ1n) is 6.28. The minimum Gasteiger partial charge on any atom is -0.397 e. The summed E-state index contributed by atoms with van der Waals surface area (Å²) in [5.41, 5.74) is 6.86. The van der Waals surface area contributed by atoms with E-state index in [1.165, 1.54) is 0 Å². The van der Waals surface area contributed by atoms with Gasteiger partial charge < -0.3 is 11.1 Å². The molecule has 0 aliphatic carbocycles. The number of hydrogen-bond acceptors (Lipinski definition) is 3. The van der Waals surface area contributed by atoms with Crippen LogP contribution in [0.2, 0.25) is 5.02 Å². The van der Waals surface area contributed by atoms with Gasteiger partial charge in [-0.15, -0.1) is 11.8 Å². The molecule has 1 amide bonds. The molecule has 110 valence electrons. The predicted molar refractivity (Wildman–Crippen MR) is 94.0 cm³/mol. The van der Waals surface area contributed by atoms with Gasteiger partial charge in [0.25, 0.3) is 0 Å². The number of amides is 1. The SMILES string of the molecule is Nc1cc(Cl)ccc1NC(=O)CCSc1ccccc1Br. The highest BCUT2D eigenvalue weighted by atomic mass is 79.9. The number of nitrogens with one attached hydrogen (secondary N) is 1. The number of carbonyl (C=O) groups is 1. The van der Waals surface area contributed by atoms with Crippen LogP contribution in [-0.4, -0.2) is 11.7 Å². The number of nitrogens with two attached hydrogens (primary N) is 1. The molecule has 0 spiro atoms. The third-order valence-corrected chi connectivity index (χ3v) is 4.98. The van der Waals surface area contributed by atoms with Gasteiger partial charge >= 0.3 is 0 Å². The average Bonchev–Trinajstić information content (AvgIpc) is 2.44. The molecular weight excluding hydrogens is 372 g/mol. The van der Waals surface area contributed by atoms with Crippen molar-refractivity contribution in [1.29, 1.82) is 0 Å². The van der Waals surface area contributed by atoms with Gasteiger partial charge in [0.15, 0.2) is 0 Å². The van der Waals surface area contributed by atoms with E-state index in [2.05, 4.69) is 21.2 Å². The van der Waals surface area contributed by atoms with Gasteiger partial charge in [0, 0.05) is 26.6 Å². The van der Waals surface area contributed by atoms with Crippen LogP contribution in [0.5, 0.6) is 0 Å². The van der Waals surface area contributed by atoms with E-state index in [0.717, 1.165) is 9.37 Å². The van der Waals surface area contributed by atoms with Gasteiger partial charge in [-0.25, -0.2) is 0 Å². The van der Waals surface area contributed by atoms with Crippen molar-refractivity contribution in [1.82, 2.24) is 0 Å². The molecule has 2 rings (SSSR count). The van der Waals surface area contributed by atoms with E-state index in [9.17, 15) is 4.79 Å². The van der Waals surface area contributed by atoms with E-state index in [-0.39, 0.29) is 5.91 Å². The average molecular weight is 386 g/mol. The van der Waals surface area contributed by atoms with Crippen molar-refractivity contribution in [2.45, 2.75) is 11.3 Å². The molecule has 21 heavy (non-hydrogen) atoms. The monoisotopic (exact) mass is 384 g/mol. The maximum atomic E-state index is 11.9. The smallest absolute Gasteiger partial charge is 0.225 e. The lowest BCUT2D eigenvalue weighted by molar-refractivity contribution is -0.115. The summed E-state index contributed by atoms with van der Waals surface area (Å²) in [6, 6.07) is 13.0. The van der Waals surface area contributed by atoms with Crippen LogP contribution in [0.3, 0.4) is 0 Å². The van der Waals surface area contributed by atoms with Crippen molar-refractivity contribution < 1.29 is 4.79 Å². The van der Waals surface area contributed by atoms with Crippen LogP contribution in [0.25, 0.3) is 0 Å². The standard InChI is InChI=1S/C15H14BrClN2OS/c16-11-3-1-2-4-14(11)21-8-7-15(20)19-13-6-5-10(17)9-12(13)18/h1-6,9H,7-8,18H2,(H,19,20). The molecule has 0 unspecified atom stereocenters. The molecule has 0 radical (unpaired) electrons. The summed E-state index contributed by atoms with van der Waals surface area (Å²) in [6.07, 6.45) is 0.411. The fraction of sp³-hybridized carbons (Fsp3) is 0.133. The number of thioether (sulfide) groups is 1. The third kappa shape index (κ3) is 4.95. The Morgan fingerprint density at radius 2 is 2.05 bits per heavy atom. The van der Waals surface area contributed by atoms with Gasteiger partial charge in [-0.05, 0) is 46.3 Å². The minimum atomic E-state index is -0.0661. The van der Waals surface area contributed by atoms with Gasteiger partial charge in [0.1, 0.15) is 0 Å². The summed E-state index contributed by atoms with van der Waals surface area (Å²) in [4.78, 5) is 13.0. The second kappa shape index (κ2) is 7.73. The Hall–Kier alpha value is -1.17. The Labute approximate surface area is 141 Å². The molecule has 0 saturated heterocycles. The lowest BCUT2D eigenvalue weighted by atomic mass is 10.2. The second-order valence-electron chi connectivity index (χ2n) is 4.31. The van der Waals surface area contributed by atoms with Gasteiger partial charge in [-0.1, -0.05) is 23.7 Å². The van der Waals surface area contributed by atoms with Crippen molar-refractivity contribution in [2.24, 2.45) is 0 Å². The summed E-state index contributed by atoms with van der Waals surface area (Å²) in [6.45, 7) is 0. The molecule has 3 N–H and O–H groups in total. The quantitative estimate of drug-likeness (QED) is 0.574. The lowest BCUT2D eigenvalue weighted by Crippen LogP contribution is -2.13. The van der Waals surface area contributed by atoms with Gasteiger partial charge in [-0.3, -0.25) is 4.79 Å². The molecule has 3 nitrogen and oxygen atoms in total. The number of benzene rings is 2. The van der Waals surface area contributed by atoms with Crippen molar-refractivity contribution in [3.63, 3.8) is 0 Å². The Balaban J connectivity index is 1.84. The van der Waals surface area contributed by atoms with Crippen LogP contribution in [0, 0.1) is 0 Å². The third-order valence-electron chi connectivity index (χ3n) is 2.71. The van der Waals surface area contributed by atoms with Crippen LogP contribution in [-0.2, 0) is 4.79 Å². The summed E-state index contributed by atoms with van der Waals surface area (Å²) >= 11 is 10.9. The molecule has 0 aliphatic rings. The summed E-state index contributed by atoms with van der Waals surface area (Å²) < 4.78 is 1.04. The van der Waals surface area contributed by atoms with Gasteiger partial charge in [0.2, 0.25) is 5.91 Å². The second-order valence-corrected chi connectivity index (χ2v) is 6.74. The zero-order valence-corrected chi connectivity index (χ0v) is 14.3. The first-order valence-corrected chi connectivity index (χ1v) is 8.44. The topological polar surface area (TPSA) is 55.1 Å². The van der Waals surface area contributed by atoms with E-state index >= 15 is 0 Å². The molecule has 0 aromatic heterocycles. The van der Waals surface area contributed by atoms with Crippen molar-refractivity contribution in [2.75, 3.05) is 16.8 Å². The highest BCUT2D eigenvalue weighted by molar-refractivity contribution is 9.10. The Kier molecular flexibility index (Phi) is 5.96. The molecular formula is C15H14BrClN2OS. The molecule has 0 saturated carbocycles. The predicted octanol–water partition coefficient (Wildman–Crippen LogP) is 4.81. The van der Waals surface area contributed by atoms with Crippen molar-refractivity contribution in [3.8, 4) is 0 Å². The number of hydrogen-bond donors (Lipinski definition) is 2. The number of nitrogen functional groups attached to an aromatic ring is 1. The fourth-order valence-electron chi connectivity index (χ4n) is 1.68. The van der Waals surface area contributed by atoms with E-state index in [0.29, 0.717) is 28.6 Å². The maximum absolute atomic E-state index is 11.9. The summed E-state index contributed by atoms with van der Waals surface area (Å²) in [5.74, 6) is 0.630. The first-order chi connectivity index (χ1) is 10.1.